The minimum atomic E-state index is -0.438. The van der Waals surface area contributed by atoms with E-state index in [1.54, 1.807) is 17.6 Å². The van der Waals surface area contributed by atoms with Crippen LogP contribution < -0.4 is 10.8 Å². The van der Waals surface area contributed by atoms with Crippen molar-refractivity contribution in [2.45, 2.75) is 32.2 Å². The zero-order chi connectivity index (χ0) is 22.5. The van der Waals surface area contributed by atoms with Crippen molar-refractivity contribution in [2.24, 2.45) is 0 Å². The van der Waals surface area contributed by atoms with Gasteiger partial charge in [0.1, 0.15) is 0 Å². The van der Waals surface area contributed by atoms with Crippen molar-refractivity contribution in [1.29, 1.82) is 0 Å². The highest BCUT2D eigenvalue weighted by atomic mass is 16.5. The van der Waals surface area contributed by atoms with Crippen LogP contribution in [0.3, 0.4) is 0 Å². The number of carbonyl (C=O) groups excluding carboxylic acids is 3. The molecule has 0 bridgehead atoms. The average molecular weight is 431 g/mol. The number of carbonyl (C=O) groups is 3. The second-order valence-corrected chi connectivity index (χ2v) is 7.84. The Morgan fingerprint density at radius 1 is 0.844 bits per heavy atom. The van der Waals surface area contributed by atoms with Gasteiger partial charge in [0.05, 0.1) is 0 Å². The van der Waals surface area contributed by atoms with E-state index in [0.717, 1.165) is 16.6 Å². The van der Waals surface area contributed by atoms with Crippen molar-refractivity contribution in [1.82, 2.24) is 10.4 Å². The maximum absolute atomic E-state index is 13.1. The fourth-order valence-electron chi connectivity index (χ4n) is 4.08. The van der Waals surface area contributed by atoms with E-state index < -0.39 is 5.91 Å². The Morgan fingerprint density at radius 3 is 2.34 bits per heavy atom. The van der Waals surface area contributed by atoms with Crippen LogP contribution in [0.2, 0.25) is 0 Å². The zero-order valence-electron chi connectivity index (χ0n) is 17.6. The van der Waals surface area contributed by atoms with Crippen LogP contribution in [0.25, 0.3) is 10.8 Å². The number of benzene rings is 3. The van der Waals surface area contributed by atoms with Gasteiger partial charge in [-0.05, 0) is 36.6 Å². The Kier molecular flexibility index (Phi) is 6.47. The molecule has 0 saturated carbocycles. The molecule has 1 aliphatic rings. The first-order valence-corrected chi connectivity index (χ1v) is 10.7. The Labute approximate surface area is 186 Å². The fraction of sp³-hybridized carbons (Fsp3) is 0.240. The smallest absolute Gasteiger partial charge is 0.261 e. The lowest BCUT2D eigenvalue weighted by atomic mass is 9.92. The summed E-state index contributed by atoms with van der Waals surface area (Å²) < 4.78 is 0. The first kappa shape index (κ1) is 21.5. The summed E-state index contributed by atoms with van der Waals surface area (Å²) in [5, 5.41) is 13.5. The number of hydrogen-bond acceptors (Lipinski definition) is 5. The van der Waals surface area contributed by atoms with Crippen LogP contribution in [0.4, 0.5) is 5.69 Å². The molecule has 3 aromatic carbocycles. The van der Waals surface area contributed by atoms with E-state index in [1.165, 1.54) is 4.90 Å². The maximum Gasteiger partial charge on any atom is 0.261 e. The predicted octanol–water partition coefficient (Wildman–Crippen LogP) is 4.11. The number of nitrogens with zero attached hydrogens (tertiary/aromatic N) is 1. The van der Waals surface area contributed by atoms with Gasteiger partial charge in [0, 0.05) is 47.1 Å². The third-order valence-electron chi connectivity index (χ3n) is 5.73. The molecule has 3 N–H and O–H groups in total. The first-order valence-electron chi connectivity index (χ1n) is 10.7. The number of imide groups is 1. The molecule has 7 heteroatoms. The van der Waals surface area contributed by atoms with Crippen LogP contribution in [0.5, 0.6) is 0 Å². The van der Waals surface area contributed by atoms with Crippen molar-refractivity contribution < 1.29 is 19.6 Å². The Morgan fingerprint density at radius 2 is 1.59 bits per heavy atom. The zero-order valence-corrected chi connectivity index (χ0v) is 17.6. The Bertz CT molecular complexity index is 1140. The largest absolute Gasteiger partial charge is 0.380 e. The molecule has 4 rings (SSSR count). The van der Waals surface area contributed by atoms with E-state index in [9.17, 15) is 14.4 Å². The monoisotopic (exact) mass is 431 g/mol. The van der Waals surface area contributed by atoms with Crippen molar-refractivity contribution in [3.05, 3.63) is 77.4 Å². The predicted molar refractivity (Wildman–Crippen MR) is 121 cm³/mol. The molecular formula is C25H25N3O4. The summed E-state index contributed by atoms with van der Waals surface area (Å²) >= 11 is 0. The summed E-state index contributed by atoms with van der Waals surface area (Å²) in [4.78, 5) is 38.6. The average Bonchev–Trinajstić information content (AvgIpc) is 2.83. The van der Waals surface area contributed by atoms with Gasteiger partial charge in [0.2, 0.25) is 5.91 Å². The van der Waals surface area contributed by atoms with Crippen LogP contribution in [-0.4, -0.2) is 34.4 Å². The lowest BCUT2D eigenvalue weighted by Crippen LogP contribution is -2.40. The van der Waals surface area contributed by atoms with Gasteiger partial charge in [-0.25, -0.2) is 5.48 Å². The topological polar surface area (TPSA) is 98.7 Å². The van der Waals surface area contributed by atoms with E-state index >= 15 is 0 Å². The Hall–Kier alpha value is -3.71. The van der Waals surface area contributed by atoms with Crippen LogP contribution >= 0.6 is 0 Å². The molecule has 0 aliphatic carbocycles. The Balaban J connectivity index is 1.52. The molecule has 0 fully saturated rings. The van der Waals surface area contributed by atoms with Crippen molar-refractivity contribution in [3.63, 3.8) is 0 Å². The second-order valence-electron chi connectivity index (χ2n) is 7.84. The lowest BCUT2D eigenvalue weighted by molar-refractivity contribution is -0.129. The molecule has 0 unspecified atom stereocenters. The van der Waals surface area contributed by atoms with Gasteiger partial charge in [-0.15, -0.1) is 0 Å². The van der Waals surface area contributed by atoms with Gasteiger partial charge in [-0.1, -0.05) is 48.9 Å². The van der Waals surface area contributed by atoms with Crippen LogP contribution in [-0.2, 0) is 11.3 Å². The molecule has 32 heavy (non-hydrogen) atoms. The normalized spacial score (nSPS) is 12.8. The van der Waals surface area contributed by atoms with E-state index in [4.69, 9.17) is 5.21 Å². The third-order valence-corrected chi connectivity index (χ3v) is 5.73. The van der Waals surface area contributed by atoms with Crippen LogP contribution in [0, 0.1) is 0 Å². The van der Waals surface area contributed by atoms with Gasteiger partial charge in [-0.2, -0.15) is 0 Å². The van der Waals surface area contributed by atoms with Crippen molar-refractivity contribution in [3.8, 4) is 0 Å². The highest BCUT2D eigenvalue weighted by Crippen LogP contribution is 2.34. The van der Waals surface area contributed by atoms with Crippen LogP contribution in [0.1, 0.15) is 52.0 Å². The quantitative estimate of drug-likeness (QED) is 0.205. The number of hydroxylamine groups is 1. The van der Waals surface area contributed by atoms with Crippen LogP contribution in [0.15, 0.2) is 60.7 Å². The molecule has 3 aromatic rings. The fourth-order valence-corrected chi connectivity index (χ4v) is 4.08. The standard InChI is InChI=1S/C25H25N3O4/c29-22(27-32)12-5-2-6-15-28-24(30)19-11-7-10-18-21(14-13-20(23(18)19)25(28)31)26-16-17-8-3-1-4-9-17/h1,3-4,7-11,13-14,26,32H,2,5-6,12,15-16H2,(H,27,29). The molecular weight excluding hydrogens is 406 g/mol. The second kappa shape index (κ2) is 9.62. The van der Waals surface area contributed by atoms with Crippen molar-refractivity contribution >= 4 is 34.2 Å². The molecule has 1 aliphatic heterocycles. The molecule has 0 saturated heterocycles. The minimum Gasteiger partial charge on any atom is -0.380 e. The van der Waals surface area contributed by atoms with Gasteiger partial charge in [-0.3, -0.25) is 24.5 Å². The maximum atomic E-state index is 13.1. The molecule has 0 radical (unpaired) electrons. The number of unbranched alkanes of at least 4 members (excludes halogenated alkanes) is 2. The molecule has 7 nitrogen and oxygen atoms in total. The number of anilines is 1. The SMILES string of the molecule is O=C(CCCCCN1C(=O)c2cccc3c(NCc4ccccc4)ccc(c23)C1=O)NO. The van der Waals surface area contributed by atoms with Gasteiger partial charge >= 0.3 is 0 Å². The summed E-state index contributed by atoms with van der Waals surface area (Å²) in [7, 11) is 0. The third kappa shape index (κ3) is 4.33. The summed E-state index contributed by atoms with van der Waals surface area (Å²) in [6.07, 6.45) is 2.05. The molecule has 0 spiro atoms. The van der Waals surface area contributed by atoms with E-state index in [-0.39, 0.29) is 18.2 Å². The van der Waals surface area contributed by atoms with Gasteiger partial charge < -0.3 is 5.32 Å². The van der Waals surface area contributed by atoms with E-state index in [2.05, 4.69) is 5.32 Å². The number of rotatable bonds is 9. The molecule has 164 valence electrons. The number of amides is 3. The van der Waals surface area contributed by atoms with E-state index in [1.807, 2.05) is 48.5 Å². The molecule has 0 atom stereocenters. The summed E-state index contributed by atoms with van der Waals surface area (Å²) in [5.74, 6) is -1.02. The summed E-state index contributed by atoms with van der Waals surface area (Å²) in [5.41, 5.74) is 4.68. The number of hydrogen-bond donors (Lipinski definition) is 3. The highest BCUT2D eigenvalue weighted by molar-refractivity contribution is 6.26. The first-order chi connectivity index (χ1) is 15.6. The van der Waals surface area contributed by atoms with Crippen molar-refractivity contribution in [2.75, 3.05) is 11.9 Å². The van der Waals surface area contributed by atoms with Gasteiger partial charge in [0.25, 0.3) is 11.8 Å². The molecule has 0 aromatic heterocycles. The molecule has 3 amide bonds. The minimum absolute atomic E-state index is 0.208. The summed E-state index contributed by atoms with van der Waals surface area (Å²) in [6.45, 7) is 0.935. The number of nitrogens with one attached hydrogen (secondary N) is 2. The summed E-state index contributed by atoms with van der Waals surface area (Å²) in [6, 6.07) is 19.2. The van der Waals surface area contributed by atoms with E-state index in [0.29, 0.717) is 48.9 Å². The molecule has 1 heterocycles. The highest BCUT2D eigenvalue weighted by Gasteiger charge is 2.32. The van der Waals surface area contributed by atoms with Gasteiger partial charge in [0.15, 0.2) is 0 Å². The lowest BCUT2D eigenvalue weighted by Gasteiger charge is -2.28.